The van der Waals surface area contributed by atoms with Gasteiger partial charge in [0, 0.05) is 22.3 Å². The maximum absolute atomic E-state index is 13.0. The van der Waals surface area contributed by atoms with Crippen molar-refractivity contribution in [3.63, 3.8) is 0 Å². The van der Waals surface area contributed by atoms with Crippen LogP contribution in [0.1, 0.15) is 49.9 Å². The summed E-state index contributed by atoms with van der Waals surface area (Å²) in [5.41, 5.74) is 2.59. The lowest BCUT2D eigenvalue weighted by atomic mass is 9.83. The predicted molar refractivity (Wildman–Crippen MR) is 125 cm³/mol. The molecule has 174 valence electrons. The molecule has 3 aromatic carbocycles. The Morgan fingerprint density at radius 1 is 0.882 bits per heavy atom. The lowest BCUT2D eigenvalue weighted by molar-refractivity contribution is -0.145. The highest BCUT2D eigenvalue weighted by Crippen LogP contribution is 2.28. The van der Waals surface area contributed by atoms with E-state index < -0.39 is 22.0 Å². The Morgan fingerprint density at radius 3 is 2.09 bits per heavy atom. The van der Waals surface area contributed by atoms with E-state index in [1.54, 1.807) is 49.4 Å². The number of nitrogens with one attached hydrogen (secondary N) is 1. The Balaban J connectivity index is 1.65. The lowest BCUT2D eigenvalue weighted by Gasteiger charge is -2.20. The molecule has 8 heteroatoms. The third-order valence-electron chi connectivity index (χ3n) is 5.63. The summed E-state index contributed by atoms with van der Waals surface area (Å²) in [7, 11) is -4.01. The van der Waals surface area contributed by atoms with Crippen LogP contribution in [0.5, 0.6) is 0 Å². The Hall–Kier alpha value is -3.62. The molecule has 0 aliphatic heterocycles. The number of esters is 1. The average Bonchev–Trinajstić information content (AvgIpc) is 2.82. The molecule has 1 unspecified atom stereocenters. The summed E-state index contributed by atoms with van der Waals surface area (Å²) >= 11 is 0. The SMILES string of the molecule is CCOC(=O)C(Cc1ccc2c(c1)C(=O)c1ccccc1C2=O)NS(=O)(=O)c1ccc(C)cc1. The standard InChI is InChI=1S/C26H23NO6S/c1-3-33-26(30)23(27-34(31,32)18-11-8-16(2)9-12-18)15-17-10-13-21-22(14-17)25(29)20-7-5-4-6-19(20)24(21)28/h4-14,23,27H,3,15H2,1-2H3. The van der Waals surface area contributed by atoms with Crippen molar-refractivity contribution >= 4 is 27.6 Å². The van der Waals surface area contributed by atoms with Crippen molar-refractivity contribution in [1.82, 2.24) is 4.72 Å². The molecule has 0 spiro atoms. The Morgan fingerprint density at radius 2 is 1.47 bits per heavy atom. The topological polar surface area (TPSA) is 107 Å². The van der Waals surface area contributed by atoms with E-state index in [-0.39, 0.29) is 40.6 Å². The van der Waals surface area contributed by atoms with Gasteiger partial charge in [-0.1, -0.05) is 54.1 Å². The van der Waals surface area contributed by atoms with Gasteiger partial charge in [-0.05, 0) is 44.0 Å². The Bertz CT molecular complexity index is 1390. The molecule has 0 aromatic heterocycles. The van der Waals surface area contributed by atoms with Crippen molar-refractivity contribution in [3.8, 4) is 0 Å². The van der Waals surface area contributed by atoms with E-state index >= 15 is 0 Å². The van der Waals surface area contributed by atoms with Crippen molar-refractivity contribution in [1.29, 1.82) is 0 Å². The fraction of sp³-hybridized carbons (Fsp3) is 0.192. The first-order chi connectivity index (χ1) is 16.2. The van der Waals surface area contributed by atoms with Crippen molar-refractivity contribution in [3.05, 3.63) is 100 Å². The monoisotopic (exact) mass is 477 g/mol. The molecule has 0 fully saturated rings. The van der Waals surface area contributed by atoms with E-state index in [0.717, 1.165) is 5.56 Å². The van der Waals surface area contributed by atoms with Crippen molar-refractivity contribution in [2.24, 2.45) is 0 Å². The molecule has 4 rings (SSSR count). The maximum Gasteiger partial charge on any atom is 0.324 e. The van der Waals surface area contributed by atoms with Crippen LogP contribution in [0.4, 0.5) is 0 Å². The van der Waals surface area contributed by atoms with Crippen LogP contribution in [-0.4, -0.2) is 38.6 Å². The largest absolute Gasteiger partial charge is 0.465 e. The van der Waals surface area contributed by atoms with E-state index in [9.17, 15) is 22.8 Å². The molecule has 0 amide bonds. The molecule has 0 heterocycles. The smallest absolute Gasteiger partial charge is 0.324 e. The number of ketones is 2. The fourth-order valence-electron chi connectivity index (χ4n) is 3.90. The molecular weight excluding hydrogens is 454 g/mol. The second-order valence-electron chi connectivity index (χ2n) is 8.03. The van der Waals surface area contributed by atoms with Crippen LogP contribution < -0.4 is 4.72 Å². The predicted octanol–water partition coefficient (Wildman–Crippen LogP) is 3.22. The Kier molecular flexibility index (Phi) is 6.45. The minimum absolute atomic E-state index is 0.0234. The third-order valence-corrected chi connectivity index (χ3v) is 7.12. The molecular formula is C26H23NO6S. The zero-order valence-corrected chi connectivity index (χ0v) is 19.5. The average molecular weight is 478 g/mol. The molecule has 34 heavy (non-hydrogen) atoms. The third kappa shape index (κ3) is 4.55. The van der Waals surface area contributed by atoms with Gasteiger partial charge >= 0.3 is 5.97 Å². The summed E-state index contributed by atoms with van der Waals surface area (Å²) in [6, 6.07) is 16.3. The highest BCUT2D eigenvalue weighted by atomic mass is 32.2. The molecule has 1 aliphatic rings. The zero-order chi connectivity index (χ0) is 24.5. The van der Waals surface area contributed by atoms with Gasteiger partial charge in [0.15, 0.2) is 11.6 Å². The number of benzene rings is 3. The van der Waals surface area contributed by atoms with Gasteiger partial charge < -0.3 is 4.74 Å². The summed E-state index contributed by atoms with van der Waals surface area (Å²) in [5.74, 6) is -1.28. The summed E-state index contributed by atoms with van der Waals surface area (Å²) in [6.07, 6.45) is -0.0552. The fourth-order valence-corrected chi connectivity index (χ4v) is 5.08. The Labute approximate surface area is 197 Å². The van der Waals surface area contributed by atoms with Crippen LogP contribution in [0.15, 0.2) is 71.6 Å². The van der Waals surface area contributed by atoms with E-state index in [2.05, 4.69) is 4.72 Å². The molecule has 0 bridgehead atoms. The van der Waals surface area contributed by atoms with Crippen molar-refractivity contribution in [2.75, 3.05) is 6.61 Å². The highest BCUT2D eigenvalue weighted by Gasteiger charge is 2.31. The van der Waals surface area contributed by atoms with Gasteiger partial charge in [-0.2, -0.15) is 4.72 Å². The number of hydrogen-bond acceptors (Lipinski definition) is 6. The van der Waals surface area contributed by atoms with Crippen LogP contribution in [0.3, 0.4) is 0 Å². The quantitative estimate of drug-likeness (QED) is 0.410. The van der Waals surface area contributed by atoms with Crippen LogP contribution in [-0.2, 0) is 26.0 Å². The highest BCUT2D eigenvalue weighted by molar-refractivity contribution is 7.89. The lowest BCUT2D eigenvalue weighted by Crippen LogP contribution is -2.43. The second-order valence-corrected chi connectivity index (χ2v) is 9.74. The number of fused-ring (bicyclic) bond motifs is 2. The number of hydrogen-bond donors (Lipinski definition) is 1. The summed E-state index contributed by atoms with van der Waals surface area (Å²) < 4.78 is 33.3. The molecule has 0 saturated heterocycles. The molecule has 1 aliphatic carbocycles. The van der Waals surface area contributed by atoms with Crippen LogP contribution in [0.2, 0.25) is 0 Å². The first-order valence-corrected chi connectivity index (χ1v) is 12.3. The number of carbonyl (C=O) groups is 3. The summed E-state index contributed by atoms with van der Waals surface area (Å²) in [5, 5.41) is 0. The van der Waals surface area contributed by atoms with Gasteiger partial charge in [-0.15, -0.1) is 0 Å². The molecule has 0 radical (unpaired) electrons. The van der Waals surface area contributed by atoms with Gasteiger partial charge in [0.05, 0.1) is 11.5 Å². The van der Waals surface area contributed by atoms with E-state index in [0.29, 0.717) is 16.7 Å². The van der Waals surface area contributed by atoms with Crippen molar-refractivity contribution < 1.29 is 27.5 Å². The summed E-state index contributed by atoms with van der Waals surface area (Å²) in [6.45, 7) is 3.55. The molecule has 3 aromatic rings. The van der Waals surface area contributed by atoms with Crippen molar-refractivity contribution in [2.45, 2.75) is 31.2 Å². The molecule has 1 N–H and O–H groups in total. The first kappa shape index (κ1) is 23.5. The van der Waals surface area contributed by atoms with Crippen LogP contribution in [0, 0.1) is 6.92 Å². The number of rotatable bonds is 7. The van der Waals surface area contributed by atoms with Gasteiger partial charge in [0.2, 0.25) is 10.0 Å². The summed E-state index contributed by atoms with van der Waals surface area (Å²) in [4.78, 5) is 38.5. The number of ether oxygens (including phenoxy) is 1. The molecule has 7 nitrogen and oxygen atoms in total. The van der Waals surface area contributed by atoms with Gasteiger partial charge in [0.1, 0.15) is 6.04 Å². The zero-order valence-electron chi connectivity index (χ0n) is 18.7. The van der Waals surface area contributed by atoms with Crippen LogP contribution in [0.25, 0.3) is 0 Å². The van der Waals surface area contributed by atoms with Gasteiger partial charge in [-0.25, -0.2) is 8.42 Å². The van der Waals surface area contributed by atoms with E-state index in [1.807, 2.05) is 6.92 Å². The van der Waals surface area contributed by atoms with Gasteiger partial charge in [0.25, 0.3) is 0 Å². The van der Waals surface area contributed by atoms with Crippen LogP contribution >= 0.6 is 0 Å². The molecule has 1 atom stereocenters. The number of sulfonamides is 1. The number of carbonyl (C=O) groups excluding carboxylic acids is 3. The first-order valence-electron chi connectivity index (χ1n) is 10.8. The van der Waals surface area contributed by atoms with Gasteiger partial charge in [-0.3, -0.25) is 14.4 Å². The minimum atomic E-state index is -4.01. The van der Waals surface area contributed by atoms with E-state index in [1.165, 1.54) is 24.3 Å². The second kappa shape index (κ2) is 9.32. The maximum atomic E-state index is 13.0. The number of aryl methyl sites for hydroxylation is 1. The normalized spacial score (nSPS) is 13.7. The van der Waals surface area contributed by atoms with E-state index in [4.69, 9.17) is 4.74 Å². The molecule has 0 saturated carbocycles. The minimum Gasteiger partial charge on any atom is -0.465 e.